The minimum absolute atomic E-state index is 0.495. The number of rotatable bonds is 4. The lowest BCUT2D eigenvalue weighted by Crippen LogP contribution is -2.26. The Morgan fingerprint density at radius 3 is 2.71 bits per heavy atom. The van der Waals surface area contributed by atoms with Crippen LogP contribution in [0.4, 0.5) is 5.69 Å². The van der Waals surface area contributed by atoms with Gasteiger partial charge in [-0.1, -0.05) is 6.07 Å². The third kappa shape index (κ3) is 2.42. The van der Waals surface area contributed by atoms with E-state index < -0.39 is 6.10 Å². The molecular formula is C14H18N2O. The Kier molecular flexibility index (Phi) is 3.35. The molecule has 0 saturated heterocycles. The molecule has 1 atom stereocenters. The molecule has 1 aromatic rings. The van der Waals surface area contributed by atoms with Gasteiger partial charge in [-0.25, -0.2) is 0 Å². The standard InChI is InChI=1S/C14H18N2O/c1-3-16(12-5-6-12)14-8-11(9-15)4-7-13(14)10(2)17/h4,7-8,10,12,17H,3,5-6H2,1-2H3. The Balaban J connectivity index is 2.43. The van der Waals surface area contributed by atoms with E-state index in [2.05, 4.69) is 17.9 Å². The van der Waals surface area contributed by atoms with Crippen LogP contribution in [0.15, 0.2) is 18.2 Å². The number of hydrogen-bond donors (Lipinski definition) is 1. The van der Waals surface area contributed by atoms with E-state index in [1.54, 1.807) is 13.0 Å². The summed E-state index contributed by atoms with van der Waals surface area (Å²) < 4.78 is 0. The molecule has 1 unspecified atom stereocenters. The fourth-order valence-corrected chi connectivity index (χ4v) is 2.23. The molecule has 2 rings (SSSR count). The molecular weight excluding hydrogens is 212 g/mol. The Bertz CT molecular complexity index is 444. The van der Waals surface area contributed by atoms with E-state index >= 15 is 0 Å². The van der Waals surface area contributed by atoms with E-state index in [0.717, 1.165) is 17.8 Å². The average molecular weight is 230 g/mol. The summed E-state index contributed by atoms with van der Waals surface area (Å²) in [4.78, 5) is 2.29. The van der Waals surface area contributed by atoms with E-state index in [1.807, 2.05) is 12.1 Å². The molecule has 90 valence electrons. The van der Waals surface area contributed by atoms with Crippen molar-refractivity contribution in [1.29, 1.82) is 5.26 Å². The van der Waals surface area contributed by atoms with Gasteiger partial charge in [-0.3, -0.25) is 0 Å². The van der Waals surface area contributed by atoms with Gasteiger partial charge in [0.2, 0.25) is 0 Å². The summed E-state index contributed by atoms with van der Waals surface area (Å²) in [5.74, 6) is 0. The van der Waals surface area contributed by atoms with Crippen molar-refractivity contribution in [3.63, 3.8) is 0 Å². The van der Waals surface area contributed by atoms with Gasteiger partial charge in [0.1, 0.15) is 0 Å². The summed E-state index contributed by atoms with van der Waals surface area (Å²) in [5, 5.41) is 18.8. The third-order valence-corrected chi connectivity index (χ3v) is 3.25. The molecule has 0 amide bonds. The first kappa shape index (κ1) is 11.9. The summed E-state index contributed by atoms with van der Waals surface area (Å²) in [6.07, 6.45) is 1.93. The van der Waals surface area contributed by atoms with Crippen molar-refractivity contribution >= 4 is 5.69 Å². The maximum absolute atomic E-state index is 9.81. The van der Waals surface area contributed by atoms with Crippen LogP contribution in [-0.2, 0) is 0 Å². The molecule has 1 aromatic carbocycles. The number of anilines is 1. The van der Waals surface area contributed by atoms with Crippen LogP contribution in [0.5, 0.6) is 0 Å². The second-order valence-electron chi connectivity index (χ2n) is 4.58. The van der Waals surface area contributed by atoms with Crippen LogP contribution in [0, 0.1) is 11.3 Å². The Morgan fingerprint density at radius 1 is 1.53 bits per heavy atom. The molecule has 0 heterocycles. The summed E-state index contributed by atoms with van der Waals surface area (Å²) >= 11 is 0. The van der Waals surface area contributed by atoms with Crippen molar-refractivity contribution in [3.8, 4) is 6.07 Å². The van der Waals surface area contributed by atoms with Gasteiger partial charge >= 0.3 is 0 Å². The predicted molar refractivity (Wildman–Crippen MR) is 67.8 cm³/mol. The van der Waals surface area contributed by atoms with Gasteiger partial charge in [-0.05, 0) is 38.8 Å². The molecule has 1 saturated carbocycles. The van der Waals surface area contributed by atoms with Crippen LogP contribution >= 0.6 is 0 Å². The van der Waals surface area contributed by atoms with Gasteiger partial charge in [-0.15, -0.1) is 0 Å². The smallest absolute Gasteiger partial charge is 0.0992 e. The van der Waals surface area contributed by atoms with Crippen molar-refractivity contribution in [2.24, 2.45) is 0 Å². The Hall–Kier alpha value is -1.53. The second-order valence-corrected chi connectivity index (χ2v) is 4.58. The number of nitrogens with zero attached hydrogens (tertiary/aromatic N) is 2. The highest BCUT2D eigenvalue weighted by atomic mass is 16.3. The van der Waals surface area contributed by atoms with Gasteiger partial charge in [0, 0.05) is 23.8 Å². The molecule has 1 aliphatic carbocycles. The first-order valence-corrected chi connectivity index (χ1v) is 6.16. The van der Waals surface area contributed by atoms with Crippen LogP contribution in [-0.4, -0.2) is 17.7 Å². The van der Waals surface area contributed by atoms with Gasteiger partial charge in [-0.2, -0.15) is 5.26 Å². The maximum atomic E-state index is 9.81. The largest absolute Gasteiger partial charge is 0.389 e. The number of hydrogen-bond acceptors (Lipinski definition) is 3. The van der Waals surface area contributed by atoms with Gasteiger partial charge < -0.3 is 10.0 Å². The highest BCUT2D eigenvalue weighted by Crippen LogP contribution is 2.35. The SMILES string of the molecule is CCN(c1cc(C#N)ccc1C(C)O)C1CC1. The van der Waals surface area contributed by atoms with E-state index in [0.29, 0.717) is 11.6 Å². The lowest BCUT2D eigenvalue weighted by atomic mass is 10.0. The molecule has 0 radical (unpaired) electrons. The van der Waals surface area contributed by atoms with E-state index in [9.17, 15) is 5.11 Å². The first-order chi connectivity index (χ1) is 8.17. The predicted octanol–water partition coefficient (Wildman–Crippen LogP) is 2.60. The normalized spacial score (nSPS) is 16.4. The summed E-state index contributed by atoms with van der Waals surface area (Å²) in [7, 11) is 0. The number of benzene rings is 1. The maximum Gasteiger partial charge on any atom is 0.0992 e. The summed E-state index contributed by atoms with van der Waals surface area (Å²) in [6, 6.07) is 8.28. The van der Waals surface area contributed by atoms with Crippen LogP contribution in [0.2, 0.25) is 0 Å². The van der Waals surface area contributed by atoms with Crippen LogP contribution in [0.3, 0.4) is 0 Å². The van der Waals surface area contributed by atoms with Gasteiger partial charge in [0.05, 0.1) is 17.7 Å². The fourth-order valence-electron chi connectivity index (χ4n) is 2.23. The van der Waals surface area contributed by atoms with E-state index in [-0.39, 0.29) is 0 Å². The molecule has 3 nitrogen and oxygen atoms in total. The van der Waals surface area contributed by atoms with Crippen LogP contribution in [0.1, 0.15) is 43.9 Å². The quantitative estimate of drug-likeness (QED) is 0.864. The lowest BCUT2D eigenvalue weighted by Gasteiger charge is -2.26. The molecule has 1 N–H and O–H groups in total. The molecule has 3 heteroatoms. The average Bonchev–Trinajstić information content (AvgIpc) is 3.14. The monoisotopic (exact) mass is 230 g/mol. The Morgan fingerprint density at radius 2 is 2.24 bits per heavy atom. The minimum Gasteiger partial charge on any atom is -0.389 e. The third-order valence-electron chi connectivity index (χ3n) is 3.25. The zero-order valence-corrected chi connectivity index (χ0v) is 10.3. The Labute approximate surface area is 102 Å². The van der Waals surface area contributed by atoms with Gasteiger partial charge in [0.25, 0.3) is 0 Å². The van der Waals surface area contributed by atoms with Crippen molar-refractivity contribution in [2.75, 3.05) is 11.4 Å². The van der Waals surface area contributed by atoms with Gasteiger partial charge in [0.15, 0.2) is 0 Å². The fraction of sp³-hybridized carbons (Fsp3) is 0.500. The second kappa shape index (κ2) is 4.77. The zero-order valence-electron chi connectivity index (χ0n) is 10.3. The molecule has 1 fully saturated rings. The minimum atomic E-state index is -0.495. The zero-order chi connectivity index (χ0) is 12.4. The number of aliphatic hydroxyl groups excluding tert-OH is 1. The molecule has 0 aliphatic heterocycles. The summed E-state index contributed by atoms with van der Waals surface area (Å²) in [5.41, 5.74) is 2.59. The van der Waals surface area contributed by atoms with Crippen LogP contribution in [0.25, 0.3) is 0 Å². The van der Waals surface area contributed by atoms with Crippen LogP contribution < -0.4 is 4.90 Å². The van der Waals surface area contributed by atoms with Crippen molar-refractivity contribution < 1.29 is 5.11 Å². The first-order valence-electron chi connectivity index (χ1n) is 6.16. The lowest BCUT2D eigenvalue weighted by molar-refractivity contribution is 0.199. The van der Waals surface area contributed by atoms with E-state index in [4.69, 9.17) is 5.26 Å². The van der Waals surface area contributed by atoms with Crippen molar-refractivity contribution in [3.05, 3.63) is 29.3 Å². The van der Waals surface area contributed by atoms with Crippen molar-refractivity contribution in [2.45, 2.75) is 38.8 Å². The summed E-state index contributed by atoms with van der Waals surface area (Å²) in [6.45, 7) is 4.80. The molecule has 0 spiro atoms. The molecule has 1 aliphatic rings. The molecule has 0 aromatic heterocycles. The van der Waals surface area contributed by atoms with E-state index in [1.165, 1.54) is 12.8 Å². The molecule has 0 bridgehead atoms. The van der Waals surface area contributed by atoms with Crippen molar-refractivity contribution in [1.82, 2.24) is 0 Å². The highest BCUT2D eigenvalue weighted by molar-refractivity contribution is 5.59. The highest BCUT2D eigenvalue weighted by Gasteiger charge is 2.30. The number of aliphatic hydroxyl groups is 1. The molecule has 17 heavy (non-hydrogen) atoms. The topological polar surface area (TPSA) is 47.3 Å². The number of nitriles is 1.